The predicted octanol–water partition coefficient (Wildman–Crippen LogP) is 3.25. The molecule has 1 amide bonds. The summed E-state index contributed by atoms with van der Waals surface area (Å²) in [4.78, 5) is 36.5. The Labute approximate surface area is 203 Å². The molecule has 0 bridgehead atoms. The number of carbonyl (C=O) groups is 2. The maximum Gasteiger partial charge on any atom is 0.410 e. The molecule has 2 aliphatic rings. The number of hydrogen-bond acceptors (Lipinski definition) is 9. The van der Waals surface area contributed by atoms with Gasteiger partial charge in [0.05, 0.1) is 6.04 Å². The lowest BCUT2D eigenvalue weighted by molar-refractivity contribution is -0.163. The summed E-state index contributed by atoms with van der Waals surface area (Å²) < 4.78 is 16.7. The Morgan fingerprint density at radius 1 is 1.24 bits per heavy atom. The van der Waals surface area contributed by atoms with Crippen LogP contribution in [0.4, 0.5) is 10.6 Å². The van der Waals surface area contributed by atoms with Gasteiger partial charge in [0, 0.05) is 27.1 Å². The van der Waals surface area contributed by atoms with Gasteiger partial charge in [-0.1, -0.05) is 11.6 Å². The first-order chi connectivity index (χ1) is 15.4. The number of esters is 1. The summed E-state index contributed by atoms with van der Waals surface area (Å²) in [5, 5.41) is 3.06. The van der Waals surface area contributed by atoms with Gasteiger partial charge < -0.3 is 29.3 Å². The fourth-order valence-corrected chi connectivity index (χ4v) is 4.17. The molecule has 2 fully saturated rings. The van der Waals surface area contributed by atoms with Gasteiger partial charge in [-0.2, -0.15) is 4.98 Å². The molecule has 10 nitrogen and oxygen atoms in total. The summed E-state index contributed by atoms with van der Waals surface area (Å²) >= 11 is 12.4. The van der Waals surface area contributed by atoms with Crippen LogP contribution < -0.4 is 15.0 Å². The van der Waals surface area contributed by atoms with Gasteiger partial charge in [0.15, 0.2) is 11.0 Å². The SMILES string of the molecule is C[C@H](OC(=O)C1CCCN1)Oc1c(Cl)nc(Cl)nc1N1CC[C@@H](N(C)C(=O)OC(C)(C)C)C1. The molecule has 1 N–H and O–H groups in total. The summed E-state index contributed by atoms with van der Waals surface area (Å²) in [7, 11) is 1.71. The second-order valence-electron chi connectivity index (χ2n) is 9.19. The topological polar surface area (TPSA) is 106 Å². The number of carbonyl (C=O) groups excluding carboxylic acids is 2. The van der Waals surface area contributed by atoms with E-state index in [2.05, 4.69) is 15.3 Å². The molecule has 3 rings (SSSR count). The fraction of sp³-hybridized carbons (Fsp3) is 0.714. The highest BCUT2D eigenvalue weighted by molar-refractivity contribution is 6.33. The normalized spacial score (nSPS) is 21.6. The van der Waals surface area contributed by atoms with Crippen LogP contribution in [0.5, 0.6) is 5.75 Å². The van der Waals surface area contributed by atoms with E-state index in [0.29, 0.717) is 25.3 Å². The standard InChI is InChI=1S/C21H31Cl2N5O5/c1-12(32-18(29)14-7-6-9-24-14)31-15-16(22)25-19(23)26-17(15)28-10-8-13(11-28)27(5)20(30)33-21(2,3)4/h12-14,24H,6-11H2,1-5H3/t12-,13+,14?/m0/s1. The number of halogens is 2. The van der Waals surface area contributed by atoms with Gasteiger partial charge in [-0.25, -0.2) is 9.78 Å². The van der Waals surface area contributed by atoms with Crippen LogP contribution in [-0.4, -0.2) is 77.6 Å². The van der Waals surface area contributed by atoms with Crippen molar-refractivity contribution in [1.29, 1.82) is 0 Å². The average molecular weight is 504 g/mol. The molecule has 1 unspecified atom stereocenters. The van der Waals surface area contributed by atoms with Crippen molar-refractivity contribution in [2.45, 2.75) is 70.9 Å². The molecule has 0 aliphatic carbocycles. The van der Waals surface area contributed by atoms with E-state index >= 15 is 0 Å². The van der Waals surface area contributed by atoms with Crippen molar-refractivity contribution in [3.63, 3.8) is 0 Å². The highest BCUT2D eigenvalue weighted by Crippen LogP contribution is 2.37. The van der Waals surface area contributed by atoms with E-state index < -0.39 is 18.0 Å². The molecule has 1 aromatic heterocycles. The van der Waals surface area contributed by atoms with E-state index in [-0.39, 0.29) is 34.2 Å². The lowest BCUT2D eigenvalue weighted by Gasteiger charge is -2.29. The van der Waals surface area contributed by atoms with Gasteiger partial charge in [-0.3, -0.25) is 4.79 Å². The summed E-state index contributed by atoms with van der Waals surface area (Å²) in [5.74, 6) is 0.163. The number of hydrogen-bond donors (Lipinski definition) is 1. The third-order valence-corrected chi connectivity index (χ3v) is 5.81. The van der Waals surface area contributed by atoms with Crippen molar-refractivity contribution in [3.8, 4) is 5.75 Å². The second kappa shape index (κ2) is 10.5. The van der Waals surface area contributed by atoms with E-state index in [4.69, 9.17) is 37.4 Å². The van der Waals surface area contributed by atoms with E-state index in [1.165, 1.54) is 0 Å². The molecule has 1 aromatic rings. The number of likely N-dealkylation sites (N-methyl/N-ethyl adjacent to an activating group) is 1. The molecule has 12 heteroatoms. The molecule has 184 valence electrons. The first kappa shape index (κ1) is 25.6. The highest BCUT2D eigenvalue weighted by Gasteiger charge is 2.34. The lowest BCUT2D eigenvalue weighted by atomic mass is 10.2. The van der Waals surface area contributed by atoms with Gasteiger partial charge in [0.25, 0.3) is 0 Å². The van der Waals surface area contributed by atoms with Crippen LogP contribution >= 0.6 is 23.2 Å². The van der Waals surface area contributed by atoms with Crippen molar-refractivity contribution in [2.24, 2.45) is 0 Å². The summed E-state index contributed by atoms with van der Waals surface area (Å²) in [6.45, 7) is 8.91. The molecule has 3 atom stereocenters. The number of nitrogens with zero attached hydrogens (tertiary/aromatic N) is 4. The number of nitrogens with one attached hydrogen (secondary N) is 1. The minimum Gasteiger partial charge on any atom is -0.448 e. The van der Waals surface area contributed by atoms with E-state index in [9.17, 15) is 9.59 Å². The van der Waals surface area contributed by atoms with E-state index in [0.717, 1.165) is 19.4 Å². The average Bonchev–Trinajstić information content (AvgIpc) is 3.40. The van der Waals surface area contributed by atoms with Crippen molar-refractivity contribution in [1.82, 2.24) is 20.2 Å². The largest absolute Gasteiger partial charge is 0.448 e. The van der Waals surface area contributed by atoms with Crippen molar-refractivity contribution in [3.05, 3.63) is 10.4 Å². The minimum absolute atomic E-state index is 0.0100. The van der Waals surface area contributed by atoms with Crippen molar-refractivity contribution < 1.29 is 23.8 Å². The monoisotopic (exact) mass is 503 g/mol. The molecule has 0 saturated carbocycles. The van der Waals surface area contributed by atoms with Crippen LogP contribution in [0.2, 0.25) is 10.4 Å². The quantitative estimate of drug-likeness (QED) is 0.271. The van der Waals surface area contributed by atoms with Crippen LogP contribution in [0.3, 0.4) is 0 Å². The Bertz CT molecular complexity index is 875. The Kier molecular flexibility index (Phi) is 8.13. The zero-order chi connectivity index (χ0) is 24.3. The summed E-state index contributed by atoms with van der Waals surface area (Å²) in [6, 6.07) is -0.445. The molecule has 0 aromatic carbocycles. The molecule has 3 heterocycles. The van der Waals surface area contributed by atoms with Crippen LogP contribution in [-0.2, 0) is 14.3 Å². The van der Waals surface area contributed by atoms with Crippen LogP contribution in [0, 0.1) is 0 Å². The van der Waals surface area contributed by atoms with Gasteiger partial charge in [-0.05, 0) is 58.2 Å². The fourth-order valence-electron chi connectivity index (χ4n) is 3.76. The molecule has 0 spiro atoms. The van der Waals surface area contributed by atoms with E-state index in [1.54, 1.807) is 18.9 Å². The zero-order valence-corrected chi connectivity index (χ0v) is 21.1. The molecule has 2 saturated heterocycles. The first-order valence-electron chi connectivity index (χ1n) is 11.0. The summed E-state index contributed by atoms with van der Waals surface area (Å²) in [6.07, 6.45) is 1.02. The van der Waals surface area contributed by atoms with E-state index in [1.807, 2.05) is 25.7 Å². The summed E-state index contributed by atoms with van der Waals surface area (Å²) in [5.41, 5.74) is -0.583. The van der Waals surface area contributed by atoms with Crippen LogP contribution in [0.25, 0.3) is 0 Å². The lowest BCUT2D eigenvalue weighted by Crippen LogP contribution is -2.42. The minimum atomic E-state index is -0.913. The Hall–Kier alpha value is -2.04. The van der Waals surface area contributed by atoms with Gasteiger partial charge >= 0.3 is 12.1 Å². The molecule has 33 heavy (non-hydrogen) atoms. The number of aromatic nitrogens is 2. The molecular weight excluding hydrogens is 473 g/mol. The van der Waals surface area contributed by atoms with Crippen molar-refractivity contribution >= 4 is 41.1 Å². The molecule has 2 aliphatic heterocycles. The number of amides is 1. The molecular formula is C21H31Cl2N5O5. The Balaban J connectivity index is 1.70. The highest BCUT2D eigenvalue weighted by atomic mass is 35.5. The van der Waals surface area contributed by atoms with Crippen molar-refractivity contribution in [2.75, 3.05) is 31.6 Å². The van der Waals surface area contributed by atoms with Gasteiger partial charge in [0.1, 0.15) is 11.6 Å². The number of ether oxygens (including phenoxy) is 3. The zero-order valence-electron chi connectivity index (χ0n) is 19.6. The Morgan fingerprint density at radius 2 is 1.97 bits per heavy atom. The first-order valence-corrected chi connectivity index (χ1v) is 11.7. The number of anilines is 1. The number of rotatable bonds is 6. The second-order valence-corrected chi connectivity index (χ2v) is 9.88. The third-order valence-electron chi connectivity index (χ3n) is 5.38. The third kappa shape index (κ3) is 6.74. The molecule has 0 radical (unpaired) electrons. The van der Waals surface area contributed by atoms with Crippen LogP contribution in [0.1, 0.15) is 47.0 Å². The van der Waals surface area contributed by atoms with Gasteiger partial charge in [-0.15, -0.1) is 0 Å². The predicted molar refractivity (Wildman–Crippen MR) is 124 cm³/mol. The van der Waals surface area contributed by atoms with Crippen LogP contribution in [0.15, 0.2) is 0 Å². The van der Waals surface area contributed by atoms with Gasteiger partial charge in [0.2, 0.25) is 17.3 Å². The Morgan fingerprint density at radius 3 is 2.61 bits per heavy atom. The maximum atomic E-state index is 12.5. The maximum absolute atomic E-state index is 12.5. The smallest absolute Gasteiger partial charge is 0.410 e.